The summed E-state index contributed by atoms with van der Waals surface area (Å²) in [7, 11) is 0. The Morgan fingerprint density at radius 2 is 2.00 bits per heavy atom. The lowest BCUT2D eigenvalue weighted by Crippen LogP contribution is -2.15. The molecule has 8 heteroatoms. The lowest BCUT2D eigenvalue weighted by Gasteiger charge is -2.10. The highest BCUT2D eigenvalue weighted by atomic mass is 32.1. The van der Waals surface area contributed by atoms with Gasteiger partial charge < -0.3 is 10.1 Å². The van der Waals surface area contributed by atoms with Crippen LogP contribution in [0.3, 0.4) is 0 Å². The van der Waals surface area contributed by atoms with Gasteiger partial charge in [0.1, 0.15) is 0 Å². The fourth-order valence-corrected chi connectivity index (χ4v) is 2.48. The molecule has 1 aromatic rings. The van der Waals surface area contributed by atoms with E-state index in [1.165, 1.54) is 12.8 Å². The first-order chi connectivity index (χ1) is 8.55. The molecule has 0 saturated heterocycles. The molecule has 1 N–H and O–H groups in total. The molecule has 102 valence electrons. The van der Waals surface area contributed by atoms with Crippen LogP contribution in [0.15, 0.2) is 0 Å². The molecule has 0 bridgehead atoms. The van der Waals surface area contributed by atoms with Crippen LogP contribution in [0.25, 0.3) is 0 Å². The molecular formula is C10H14F3N3OS. The molecule has 4 nitrogen and oxygen atoms in total. The second-order valence-corrected chi connectivity index (χ2v) is 5.09. The van der Waals surface area contributed by atoms with E-state index in [-0.39, 0.29) is 5.13 Å². The van der Waals surface area contributed by atoms with Crippen LogP contribution in [0.4, 0.5) is 18.3 Å². The van der Waals surface area contributed by atoms with Gasteiger partial charge in [0.25, 0.3) is 0 Å². The summed E-state index contributed by atoms with van der Waals surface area (Å²) in [4.78, 5) is 0. The third kappa shape index (κ3) is 3.81. The van der Waals surface area contributed by atoms with Gasteiger partial charge in [-0.1, -0.05) is 24.2 Å². The Labute approximate surface area is 107 Å². The minimum atomic E-state index is -4.42. The summed E-state index contributed by atoms with van der Waals surface area (Å²) in [6.07, 6.45) is 0.450. The number of anilines is 1. The van der Waals surface area contributed by atoms with E-state index < -0.39 is 11.2 Å². The zero-order valence-corrected chi connectivity index (χ0v) is 10.5. The van der Waals surface area contributed by atoms with Crippen molar-refractivity contribution in [2.75, 3.05) is 18.5 Å². The van der Waals surface area contributed by atoms with Gasteiger partial charge in [0.2, 0.25) is 10.1 Å². The van der Waals surface area contributed by atoms with E-state index in [0.29, 0.717) is 30.6 Å². The molecule has 18 heavy (non-hydrogen) atoms. The summed E-state index contributed by atoms with van der Waals surface area (Å²) in [5.74, 6) is 0. The summed E-state index contributed by atoms with van der Waals surface area (Å²) in [6.45, 7) is 0.925. The molecule has 1 aliphatic rings. The molecule has 1 aliphatic carbocycles. The van der Waals surface area contributed by atoms with Gasteiger partial charge in [0.15, 0.2) is 0 Å². The molecule has 0 aromatic carbocycles. The van der Waals surface area contributed by atoms with Crippen LogP contribution in [0.2, 0.25) is 0 Å². The molecule has 0 spiro atoms. The third-order valence-corrected chi connectivity index (χ3v) is 3.63. The van der Waals surface area contributed by atoms with Crippen molar-refractivity contribution in [3.8, 4) is 0 Å². The molecule has 1 heterocycles. The van der Waals surface area contributed by atoms with E-state index in [0.717, 1.165) is 12.8 Å². The van der Waals surface area contributed by atoms with Crippen molar-refractivity contribution < 1.29 is 17.9 Å². The summed E-state index contributed by atoms with van der Waals surface area (Å²) in [6, 6.07) is 0. The molecule has 1 fully saturated rings. The molecule has 1 saturated carbocycles. The van der Waals surface area contributed by atoms with Gasteiger partial charge in [-0.05, 0) is 12.8 Å². The van der Waals surface area contributed by atoms with Crippen LogP contribution >= 0.6 is 11.3 Å². The lowest BCUT2D eigenvalue weighted by molar-refractivity contribution is -0.138. The molecule has 0 atom stereocenters. The van der Waals surface area contributed by atoms with Gasteiger partial charge in [0, 0.05) is 6.54 Å². The van der Waals surface area contributed by atoms with E-state index in [9.17, 15) is 13.2 Å². The van der Waals surface area contributed by atoms with Crippen LogP contribution in [0, 0.1) is 0 Å². The predicted octanol–water partition coefficient (Wildman–Crippen LogP) is 2.93. The first-order valence-electron chi connectivity index (χ1n) is 5.82. The Hall–Kier alpha value is -0.890. The number of hydrogen-bond donors (Lipinski definition) is 1. The van der Waals surface area contributed by atoms with Crippen molar-refractivity contribution in [3.05, 3.63) is 5.01 Å². The second kappa shape index (κ2) is 5.83. The van der Waals surface area contributed by atoms with Crippen LogP contribution in [-0.2, 0) is 10.9 Å². The average molecular weight is 281 g/mol. The third-order valence-electron chi connectivity index (χ3n) is 2.70. The van der Waals surface area contributed by atoms with Gasteiger partial charge in [-0.2, -0.15) is 13.2 Å². The zero-order chi connectivity index (χ0) is 13.0. The quantitative estimate of drug-likeness (QED) is 0.843. The van der Waals surface area contributed by atoms with Crippen molar-refractivity contribution in [2.24, 2.45) is 0 Å². The zero-order valence-electron chi connectivity index (χ0n) is 9.66. The first kappa shape index (κ1) is 13.5. The smallest absolute Gasteiger partial charge is 0.376 e. The van der Waals surface area contributed by atoms with Crippen molar-refractivity contribution in [1.82, 2.24) is 10.2 Å². The highest BCUT2D eigenvalue weighted by molar-refractivity contribution is 7.15. The Kier molecular flexibility index (Phi) is 4.39. The number of rotatable bonds is 5. The number of hydrogen-bond acceptors (Lipinski definition) is 5. The Balaban J connectivity index is 1.68. The van der Waals surface area contributed by atoms with Gasteiger partial charge >= 0.3 is 6.18 Å². The average Bonchev–Trinajstić information content (AvgIpc) is 2.95. The topological polar surface area (TPSA) is 47.0 Å². The monoisotopic (exact) mass is 281 g/mol. The van der Waals surface area contributed by atoms with E-state index in [4.69, 9.17) is 4.74 Å². The van der Waals surface area contributed by atoms with Gasteiger partial charge in [-0.3, -0.25) is 0 Å². The minimum absolute atomic E-state index is 0.178. The van der Waals surface area contributed by atoms with Gasteiger partial charge in [0.05, 0.1) is 12.7 Å². The van der Waals surface area contributed by atoms with E-state index >= 15 is 0 Å². The van der Waals surface area contributed by atoms with Crippen molar-refractivity contribution in [3.63, 3.8) is 0 Å². The number of nitrogens with zero attached hydrogens (tertiary/aromatic N) is 2. The van der Waals surface area contributed by atoms with Crippen LogP contribution in [0.1, 0.15) is 30.7 Å². The maximum atomic E-state index is 12.2. The second-order valence-electron chi connectivity index (χ2n) is 4.11. The lowest BCUT2D eigenvalue weighted by atomic mass is 10.3. The molecule has 1 aromatic heterocycles. The molecule has 2 rings (SSSR count). The number of halogens is 3. The Morgan fingerprint density at radius 1 is 1.28 bits per heavy atom. The highest BCUT2D eigenvalue weighted by Gasteiger charge is 2.35. The van der Waals surface area contributed by atoms with Crippen molar-refractivity contribution in [1.29, 1.82) is 0 Å². The van der Waals surface area contributed by atoms with Crippen molar-refractivity contribution >= 4 is 16.5 Å². The number of aromatic nitrogens is 2. The largest absolute Gasteiger partial charge is 0.445 e. The maximum Gasteiger partial charge on any atom is 0.445 e. The maximum absolute atomic E-state index is 12.2. The van der Waals surface area contributed by atoms with E-state index in [1.807, 2.05) is 0 Å². The van der Waals surface area contributed by atoms with Gasteiger partial charge in [-0.25, -0.2) is 0 Å². The summed E-state index contributed by atoms with van der Waals surface area (Å²) in [5.41, 5.74) is 0. The fraction of sp³-hybridized carbons (Fsp3) is 0.800. The molecular weight excluding hydrogens is 267 g/mol. The van der Waals surface area contributed by atoms with Crippen LogP contribution in [-0.4, -0.2) is 29.5 Å². The van der Waals surface area contributed by atoms with Crippen LogP contribution in [0.5, 0.6) is 0 Å². The SMILES string of the molecule is FC(F)(F)c1nnc(NCCOC2CCCC2)s1. The van der Waals surface area contributed by atoms with Crippen molar-refractivity contribution in [2.45, 2.75) is 38.0 Å². The van der Waals surface area contributed by atoms with E-state index in [1.54, 1.807) is 0 Å². The number of ether oxygens (including phenoxy) is 1. The molecule has 0 radical (unpaired) electrons. The first-order valence-corrected chi connectivity index (χ1v) is 6.63. The minimum Gasteiger partial charge on any atom is -0.376 e. The normalized spacial score (nSPS) is 17.3. The summed E-state index contributed by atoms with van der Waals surface area (Å²) >= 11 is 0.509. The standard InChI is InChI=1S/C10H14F3N3OS/c11-10(12,13)8-15-16-9(18-8)14-5-6-17-7-3-1-2-4-7/h7H,1-6H2,(H,14,16). The fourth-order valence-electron chi connectivity index (χ4n) is 1.85. The number of nitrogens with one attached hydrogen (secondary N) is 1. The van der Waals surface area contributed by atoms with Gasteiger partial charge in [-0.15, -0.1) is 10.2 Å². The molecule has 0 unspecified atom stereocenters. The molecule has 0 amide bonds. The predicted molar refractivity (Wildman–Crippen MR) is 61.6 cm³/mol. The summed E-state index contributed by atoms with van der Waals surface area (Å²) in [5, 5.41) is 8.55. The Morgan fingerprint density at radius 3 is 2.61 bits per heavy atom. The highest BCUT2D eigenvalue weighted by Crippen LogP contribution is 2.32. The Bertz CT molecular complexity index is 377. The van der Waals surface area contributed by atoms with Crippen LogP contribution < -0.4 is 5.32 Å². The van der Waals surface area contributed by atoms with E-state index in [2.05, 4.69) is 15.5 Å². The number of alkyl halides is 3. The summed E-state index contributed by atoms with van der Waals surface area (Å²) < 4.78 is 42.3. The molecule has 0 aliphatic heterocycles.